The molecule has 0 spiro atoms. The number of hydrogen-bond acceptors (Lipinski definition) is 4. The van der Waals surface area contributed by atoms with Crippen LogP contribution in [0.2, 0.25) is 0 Å². The van der Waals surface area contributed by atoms with Crippen molar-refractivity contribution in [2.45, 2.75) is 39.3 Å². The van der Waals surface area contributed by atoms with E-state index in [0.717, 1.165) is 49.6 Å². The first-order valence-electron chi connectivity index (χ1n) is 7.18. The second kappa shape index (κ2) is 6.87. The lowest BCUT2D eigenvalue weighted by Crippen LogP contribution is -2.36. The van der Waals surface area contributed by atoms with Gasteiger partial charge in [-0.1, -0.05) is 0 Å². The topological polar surface area (TPSA) is 37.4 Å². The van der Waals surface area contributed by atoms with Crippen LogP contribution in [0.25, 0.3) is 0 Å². The van der Waals surface area contributed by atoms with Gasteiger partial charge in [-0.05, 0) is 49.2 Å². The molecule has 2 rings (SSSR count). The molecule has 5 heteroatoms. The first-order valence-corrected chi connectivity index (χ1v) is 7.97. The summed E-state index contributed by atoms with van der Waals surface area (Å²) in [6.45, 7) is 10.9. The molecule has 0 saturated carbocycles. The molecule has 1 saturated heterocycles. The molecule has 20 heavy (non-hydrogen) atoms. The van der Waals surface area contributed by atoms with Crippen LogP contribution >= 0.6 is 15.9 Å². The van der Waals surface area contributed by atoms with Gasteiger partial charge in [-0.2, -0.15) is 0 Å². The summed E-state index contributed by atoms with van der Waals surface area (Å²) in [5, 5.41) is 3.54. The Balaban J connectivity index is 2.18. The van der Waals surface area contributed by atoms with E-state index in [1.165, 1.54) is 5.56 Å². The average molecular weight is 342 g/mol. The number of nitrogens with one attached hydrogen (secondary N) is 1. The molecule has 1 aromatic heterocycles. The third-order valence-corrected chi connectivity index (χ3v) is 3.67. The molecule has 0 bridgehead atoms. The van der Waals surface area contributed by atoms with Gasteiger partial charge in [0.05, 0.1) is 6.61 Å². The predicted octanol–water partition coefficient (Wildman–Crippen LogP) is 2.96. The van der Waals surface area contributed by atoms with Crippen molar-refractivity contribution in [1.82, 2.24) is 10.3 Å². The molecule has 0 aliphatic carbocycles. The number of rotatable bonds is 3. The van der Waals surface area contributed by atoms with E-state index < -0.39 is 0 Å². The van der Waals surface area contributed by atoms with E-state index in [2.05, 4.69) is 58.0 Å². The Morgan fingerprint density at radius 3 is 2.90 bits per heavy atom. The third kappa shape index (κ3) is 4.72. The van der Waals surface area contributed by atoms with Gasteiger partial charge in [-0.3, -0.25) is 0 Å². The fourth-order valence-corrected chi connectivity index (χ4v) is 2.59. The Labute approximate surface area is 130 Å². The summed E-state index contributed by atoms with van der Waals surface area (Å²) in [7, 11) is 0. The SMILES string of the molecule is CC(C)(C)NCc1cc(Br)cnc1N1CCCOCC1. The Hall–Kier alpha value is -0.650. The van der Waals surface area contributed by atoms with Crippen molar-refractivity contribution in [2.24, 2.45) is 0 Å². The van der Waals surface area contributed by atoms with Crippen molar-refractivity contribution in [3.63, 3.8) is 0 Å². The van der Waals surface area contributed by atoms with Crippen molar-refractivity contribution < 1.29 is 4.74 Å². The second-order valence-electron chi connectivity index (χ2n) is 6.19. The number of hydrogen-bond donors (Lipinski definition) is 1. The number of ether oxygens (including phenoxy) is 1. The molecule has 1 aromatic rings. The van der Waals surface area contributed by atoms with Crippen molar-refractivity contribution >= 4 is 21.7 Å². The zero-order valence-corrected chi connectivity index (χ0v) is 14.2. The van der Waals surface area contributed by atoms with E-state index in [0.29, 0.717) is 0 Å². The molecule has 0 amide bonds. The molecule has 0 aromatic carbocycles. The van der Waals surface area contributed by atoms with Crippen LogP contribution in [0, 0.1) is 0 Å². The summed E-state index contributed by atoms with van der Waals surface area (Å²) < 4.78 is 6.56. The number of anilines is 1. The van der Waals surface area contributed by atoms with E-state index in [-0.39, 0.29) is 5.54 Å². The third-order valence-electron chi connectivity index (χ3n) is 3.24. The Morgan fingerprint density at radius 2 is 2.15 bits per heavy atom. The van der Waals surface area contributed by atoms with E-state index in [1.54, 1.807) is 0 Å². The zero-order chi connectivity index (χ0) is 14.6. The molecule has 0 atom stereocenters. The zero-order valence-electron chi connectivity index (χ0n) is 12.6. The minimum absolute atomic E-state index is 0.0987. The Bertz CT molecular complexity index is 437. The van der Waals surface area contributed by atoms with Crippen LogP contribution < -0.4 is 10.2 Å². The largest absolute Gasteiger partial charge is 0.380 e. The van der Waals surface area contributed by atoms with Crippen LogP contribution in [0.15, 0.2) is 16.7 Å². The van der Waals surface area contributed by atoms with Crippen LogP contribution in [0.1, 0.15) is 32.8 Å². The highest BCUT2D eigenvalue weighted by molar-refractivity contribution is 9.10. The first-order chi connectivity index (χ1) is 9.46. The van der Waals surface area contributed by atoms with Crippen LogP contribution in [0.5, 0.6) is 0 Å². The fourth-order valence-electron chi connectivity index (χ4n) is 2.21. The van der Waals surface area contributed by atoms with Gasteiger partial charge in [-0.15, -0.1) is 0 Å². The van der Waals surface area contributed by atoms with Gasteiger partial charge < -0.3 is 15.0 Å². The molecule has 0 radical (unpaired) electrons. The van der Waals surface area contributed by atoms with Crippen molar-refractivity contribution in [1.29, 1.82) is 0 Å². The van der Waals surface area contributed by atoms with Crippen molar-refractivity contribution in [2.75, 3.05) is 31.2 Å². The van der Waals surface area contributed by atoms with Gasteiger partial charge in [0.1, 0.15) is 5.82 Å². The van der Waals surface area contributed by atoms with Gasteiger partial charge >= 0.3 is 0 Å². The maximum absolute atomic E-state index is 5.53. The number of nitrogens with zero attached hydrogens (tertiary/aromatic N) is 2. The maximum atomic E-state index is 5.53. The lowest BCUT2D eigenvalue weighted by molar-refractivity contribution is 0.152. The standard InChI is InChI=1S/C15H24BrN3O/c1-15(2,3)18-10-12-9-13(16)11-17-14(12)19-5-4-7-20-8-6-19/h9,11,18H,4-8,10H2,1-3H3. The predicted molar refractivity (Wildman–Crippen MR) is 86.2 cm³/mol. The minimum atomic E-state index is 0.0987. The van der Waals surface area contributed by atoms with E-state index in [4.69, 9.17) is 4.74 Å². The van der Waals surface area contributed by atoms with E-state index >= 15 is 0 Å². The quantitative estimate of drug-likeness (QED) is 0.917. The molecule has 1 aliphatic heterocycles. The maximum Gasteiger partial charge on any atom is 0.133 e. The van der Waals surface area contributed by atoms with E-state index in [1.807, 2.05) is 6.20 Å². The summed E-state index contributed by atoms with van der Waals surface area (Å²) in [6, 6.07) is 2.16. The smallest absolute Gasteiger partial charge is 0.133 e. The lowest BCUT2D eigenvalue weighted by Gasteiger charge is -2.26. The summed E-state index contributed by atoms with van der Waals surface area (Å²) >= 11 is 3.52. The fraction of sp³-hybridized carbons (Fsp3) is 0.667. The molecule has 2 heterocycles. The highest BCUT2D eigenvalue weighted by Gasteiger charge is 2.17. The summed E-state index contributed by atoms with van der Waals surface area (Å²) in [5.74, 6) is 1.08. The van der Waals surface area contributed by atoms with Gasteiger partial charge in [-0.25, -0.2) is 4.98 Å². The lowest BCUT2D eigenvalue weighted by atomic mass is 10.1. The molecular formula is C15H24BrN3O. The van der Waals surface area contributed by atoms with Crippen LogP contribution in [-0.2, 0) is 11.3 Å². The van der Waals surface area contributed by atoms with Gasteiger partial charge in [0.15, 0.2) is 0 Å². The molecule has 4 nitrogen and oxygen atoms in total. The highest BCUT2D eigenvalue weighted by Crippen LogP contribution is 2.23. The van der Waals surface area contributed by atoms with E-state index in [9.17, 15) is 0 Å². The first kappa shape index (κ1) is 15.7. The Kier molecular flexibility index (Phi) is 5.41. The minimum Gasteiger partial charge on any atom is -0.380 e. The number of halogens is 1. The number of pyridine rings is 1. The molecular weight excluding hydrogens is 318 g/mol. The Morgan fingerprint density at radius 1 is 1.35 bits per heavy atom. The average Bonchev–Trinajstić information content (AvgIpc) is 2.64. The van der Waals surface area contributed by atoms with Gasteiger partial charge in [0, 0.05) is 48.0 Å². The van der Waals surface area contributed by atoms with Crippen LogP contribution in [0.4, 0.5) is 5.82 Å². The normalized spacial score (nSPS) is 17.1. The molecule has 112 valence electrons. The van der Waals surface area contributed by atoms with Gasteiger partial charge in [0.25, 0.3) is 0 Å². The van der Waals surface area contributed by atoms with Crippen molar-refractivity contribution in [3.05, 3.63) is 22.3 Å². The van der Waals surface area contributed by atoms with Gasteiger partial charge in [0.2, 0.25) is 0 Å². The van der Waals surface area contributed by atoms with Crippen LogP contribution in [0.3, 0.4) is 0 Å². The molecule has 1 fully saturated rings. The molecule has 1 aliphatic rings. The number of aromatic nitrogens is 1. The summed E-state index contributed by atoms with van der Waals surface area (Å²) in [4.78, 5) is 6.96. The molecule has 1 N–H and O–H groups in total. The molecule has 0 unspecified atom stereocenters. The van der Waals surface area contributed by atoms with Crippen LogP contribution in [-0.4, -0.2) is 36.8 Å². The summed E-state index contributed by atoms with van der Waals surface area (Å²) in [5.41, 5.74) is 1.33. The second-order valence-corrected chi connectivity index (χ2v) is 7.11. The monoisotopic (exact) mass is 341 g/mol. The summed E-state index contributed by atoms with van der Waals surface area (Å²) in [6.07, 6.45) is 2.94. The highest BCUT2D eigenvalue weighted by atomic mass is 79.9. The van der Waals surface area contributed by atoms with Crippen molar-refractivity contribution in [3.8, 4) is 0 Å².